The first-order valence-electron chi connectivity index (χ1n) is 4.60. The van der Waals surface area contributed by atoms with E-state index in [9.17, 15) is 26.3 Å². The largest absolute Gasteiger partial charge is 0.481 e. The lowest BCUT2D eigenvalue weighted by Gasteiger charge is -2.16. The van der Waals surface area contributed by atoms with E-state index >= 15 is 0 Å². The highest BCUT2D eigenvalue weighted by Gasteiger charge is 2.42. The van der Waals surface area contributed by atoms with E-state index in [2.05, 4.69) is 20.7 Å². The van der Waals surface area contributed by atoms with Crippen molar-refractivity contribution >= 4 is 15.9 Å². The first-order chi connectivity index (χ1) is 8.27. The monoisotopic (exact) mass is 336 g/mol. The van der Waals surface area contributed by atoms with E-state index in [1.165, 1.54) is 0 Å². The third kappa shape index (κ3) is 3.54. The Labute approximate surface area is 107 Å². The Bertz CT molecular complexity index is 400. The fourth-order valence-corrected chi connectivity index (χ4v) is 1.38. The molecule has 0 unspecified atom stereocenters. The zero-order valence-corrected chi connectivity index (χ0v) is 10.3. The van der Waals surface area contributed by atoms with Crippen molar-refractivity contribution in [3.05, 3.63) is 29.3 Å². The van der Waals surface area contributed by atoms with E-state index < -0.39 is 36.3 Å². The number of hydrogen-bond donors (Lipinski definition) is 0. The highest BCUT2D eigenvalue weighted by atomic mass is 79.9. The minimum atomic E-state index is -4.47. The number of halogens is 7. The summed E-state index contributed by atoms with van der Waals surface area (Å²) < 4.78 is 79.3. The van der Waals surface area contributed by atoms with Crippen LogP contribution < -0.4 is 4.74 Å². The molecule has 8 heteroatoms. The molecule has 0 saturated carbocycles. The molecule has 0 radical (unpaired) electrons. The molecule has 0 bridgehead atoms. The van der Waals surface area contributed by atoms with Gasteiger partial charge in [0.2, 0.25) is 0 Å². The molecule has 0 fully saturated rings. The molecule has 0 spiro atoms. The molecule has 0 aliphatic carbocycles. The van der Waals surface area contributed by atoms with Gasteiger partial charge < -0.3 is 4.74 Å². The summed E-state index contributed by atoms with van der Waals surface area (Å²) in [5.41, 5.74) is 0.220. The zero-order chi connectivity index (χ0) is 13.9. The maximum absolute atomic E-state index is 13.3. The van der Waals surface area contributed by atoms with Gasteiger partial charge >= 0.3 is 12.3 Å². The van der Waals surface area contributed by atoms with Gasteiger partial charge in [-0.1, -0.05) is 15.9 Å². The van der Waals surface area contributed by atoms with Crippen molar-refractivity contribution in [3.63, 3.8) is 0 Å². The minimum Gasteiger partial charge on any atom is -0.481 e. The van der Waals surface area contributed by atoms with Gasteiger partial charge in [0.15, 0.2) is 24.0 Å². The lowest BCUT2D eigenvalue weighted by Crippen LogP contribution is -2.34. The van der Waals surface area contributed by atoms with Gasteiger partial charge in [0.1, 0.15) is 0 Å². The number of benzene rings is 1. The molecule has 18 heavy (non-hydrogen) atoms. The summed E-state index contributed by atoms with van der Waals surface area (Å²) in [5, 5.41) is 0.147. The van der Waals surface area contributed by atoms with Crippen molar-refractivity contribution in [2.75, 3.05) is 6.61 Å². The van der Waals surface area contributed by atoms with Crippen LogP contribution in [0.15, 0.2) is 12.1 Å². The second-order valence-corrected chi connectivity index (χ2v) is 3.93. The molecule has 1 aromatic carbocycles. The number of alkyl halides is 5. The van der Waals surface area contributed by atoms with Gasteiger partial charge in [-0.05, 0) is 17.7 Å². The van der Waals surface area contributed by atoms with Crippen molar-refractivity contribution < 1.29 is 31.1 Å². The number of rotatable bonds is 5. The van der Waals surface area contributed by atoms with Crippen molar-refractivity contribution in [2.45, 2.75) is 17.7 Å². The van der Waals surface area contributed by atoms with Crippen molar-refractivity contribution in [3.8, 4) is 5.75 Å². The zero-order valence-electron chi connectivity index (χ0n) is 8.70. The van der Waals surface area contributed by atoms with Gasteiger partial charge in [-0.15, -0.1) is 0 Å². The summed E-state index contributed by atoms with van der Waals surface area (Å²) in [6.07, 6.45) is -3.97. The van der Waals surface area contributed by atoms with Gasteiger partial charge in [0.05, 0.1) is 0 Å². The highest BCUT2D eigenvalue weighted by molar-refractivity contribution is 9.08. The molecule has 1 rings (SSSR count). The van der Waals surface area contributed by atoms with Crippen LogP contribution in [0.3, 0.4) is 0 Å². The SMILES string of the molecule is Fc1cc(CBr)cc(F)c1OCC(F)(F)C(F)F. The Morgan fingerprint density at radius 3 is 2.06 bits per heavy atom. The van der Waals surface area contributed by atoms with Crippen molar-refractivity contribution in [1.29, 1.82) is 0 Å². The van der Waals surface area contributed by atoms with E-state index in [0.717, 1.165) is 12.1 Å². The highest BCUT2D eigenvalue weighted by Crippen LogP contribution is 2.28. The van der Waals surface area contributed by atoms with Crippen LogP contribution in [0.4, 0.5) is 26.3 Å². The summed E-state index contributed by atoms with van der Waals surface area (Å²) in [6.45, 7) is -1.80. The Morgan fingerprint density at radius 1 is 1.17 bits per heavy atom. The van der Waals surface area contributed by atoms with Crippen molar-refractivity contribution in [2.24, 2.45) is 0 Å². The first kappa shape index (κ1) is 15.1. The summed E-state index contributed by atoms with van der Waals surface area (Å²) in [4.78, 5) is 0. The van der Waals surface area contributed by atoms with Gasteiger partial charge in [0.25, 0.3) is 0 Å². The lowest BCUT2D eigenvalue weighted by molar-refractivity contribution is -0.148. The molecule has 0 aromatic heterocycles. The maximum Gasteiger partial charge on any atom is 0.340 e. The van der Waals surface area contributed by atoms with Crippen LogP contribution in [0, 0.1) is 11.6 Å². The van der Waals surface area contributed by atoms with Crippen LogP contribution in [0.2, 0.25) is 0 Å². The fraction of sp³-hybridized carbons (Fsp3) is 0.400. The predicted molar refractivity (Wildman–Crippen MR) is 55.4 cm³/mol. The summed E-state index contributed by atoms with van der Waals surface area (Å²) >= 11 is 2.95. The molecule has 0 aliphatic heterocycles. The quantitative estimate of drug-likeness (QED) is 0.580. The van der Waals surface area contributed by atoms with E-state index in [1.807, 2.05) is 0 Å². The lowest BCUT2D eigenvalue weighted by atomic mass is 10.2. The number of ether oxygens (including phenoxy) is 1. The molecule has 102 valence electrons. The van der Waals surface area contributed by atoms with E-state index in [0.29, 0.717) is 0 Å². The smallest absolute Gasteiger partial charge is 0.340 e. The Kier molecular flexibility index (Phi) is 4.89. The minimum absolute atomic E-state index is 0.147. The fourth-order valence-electron chi connectivity index (χ4n) is 1.06. The maximum atomic E-state index is 13.3. The topological polar surface area (TPSA) is 9.23 Å². The van der Waals surface area contributed by atoms with Crippen LogP contribution in [-0.4, -0.2) is 19.0 Å². The van der Waals surface area contributed by atoms with Gasteiger partial charge in [-0.25, -0.2) is 17.6 Å². The summed E-state index contributed by atoms with van der Waals surface area (Å²) in [5.74, 6) is -8.02. The molecule has 0 saturated heterocycles. The van der Waals surface area contributed by atoms with Crippen LogP contribution in [0.5, 0.6) is 5.75 Å². The average Bonchev–Trinajstić information content (AvgIpc) is 2.27. The third-order valence-electron chi connectivity index (χ3n) is 1.94. The molecular formula is C10H7BrF6O. The van der Waals surface area contributed by atoms with E-state index in [4.69, 9.17) is 0 Å². The Hall–Kier alpha value is -0.920. The molecule has 0 heterocycles. The molecule has 0 amide bonds. The third-order valence-corrected chi connectivity index (χ3v) is 2.59. The second-order valence-electron chi connectivity index (χ2n) is 3.37. The Balaban J connectivity index is 2.86. The second kappa shape index (κ2) is 5.81. The van der Waals surface area contributed by atoms with Crippen LogP contribution in [0.1, 0.15) is 5.56 Å². The van der Waals surface area contributed by atoms with Gasteiger partial charge in [0, 0.05) is 5.33 Å². The number of hydrogen-bond acceptors (Lipinski definition) is 1. The van der Waals surface area contributed by atoms with E-state index in [-0.39, 0.29) is 10.9 Å². The normalized spacial score (nSPS) is 12.0. The van der Waals surface area contributed by atoms with Crippen LogP contribution in [0.25, 0.3) is 0 Å². The molecule has 0 N–H and O–H groups in total. The predicted octanol–water partition coefficient (Wildman–Crippen LogP) is 4.14. The summed E-state index contributed by atoms with van der Waals surface area (Å²) in [6, 6.07) is 1.71. The molecule has 0 atom stereocenters. The molecule has 1 nitrogen and oxygen atoms in total. The average molecular weight is 337 g/mol. The van der Waals surface area contributed by atoms with Crippen LogP contribution >= 0.6 is 15.9 Å². The molecule has 0 aliphatic rings. The first-order valence-corrected chi connectivity index (χ1v) is 5.72. The molecule has 1 aromatic rings. The van der Waals surface area contributed by atoms with E-state index in [1.54, 1.807) is 0 Å². The standard InChI is InChI=1S/C10H7BrF6O/c11-3-5-1-6(12)8(7(13)2-5)18-4-10(16,17)9(14)15/h1-2,9H,3-4H2. The van der Waals surface area contributed by atoms with Gasteiger partial charge in [-0.2, -0.15) is 8.78 Å². The van der Waals surface area contributed by atoms with Gasteiger partial charge in [-0.3, -0.25) is 0 Å². The Morgan fingerprint density at radius 2 is 1.67 bits per heavy atom. The van der Waals surface area contributed by atoms with Crippen molar-refractivity contribution in [1.82, 2.24) is 0 Å². The molecular weight excluding hydrogens is 330 g/mol. The summed E-state index contributed by atoms with van der Waals surface area (Å²) in [7, 11) is 0. The van der Waals surface area contributed by atoms with Crippen LogP contribution in [-0.2, 0) is 5.33 Å².